The van der Waals surface area contributed by atoms with Crippen LogP contribution in [0.4, 0.5) is 5.69 Å². The molecule has 0 bridgehead atoms. The smallest absolute Gasteiger partial charge is 0.216 e. The Hall–Kier alpha value is -2.00. The Bertz CT molecular complexity index is 547. The fourth-order valence-electron chi connectivity index (χ4n) is 1.49. The summed E-state index contributed by atoms with van der Waals surface area (Å²) in [5, 5.41) is 12.5. The van der Waals surface area contributed by atoms with Gasteiger partial charge in [0.1, 0.15) is 5.75 Å². The van der Waals surface area contributed by atoms with Crippen LogP contribution in [0.2, 0.25) is 5.02 Å². The van der Waals surface area contributed by atoms with Crippen molar-refractivity contribution in [1.82, 2.24) is 0 Å². The lowest BCUT2D eigenvalue weighted by Gasteiger charge is -2.03. The zero-order valence-electron chi connectivity index (χ0n) is 9.84. The van der Waals surface area contributed by atoms with Gasteiger partial charge in [-0.25, -0.2) is 0 Å². The van der Waals surface area contributed by atoms with Crippen LogP contribution in [0, 0.1) is 5.21 Å². The van der Waals surface area contributed by atoms with Crippen molar-refractivity contribution < 1.29 is 9.48 Å². The Kier molecular flexibility index (Phi) is 3.85. The van der Waals surface area contributed by atoms with Gasteiger partial charge < -0.3 is 9.94 Å². The molecule has 2 rings (SSSR count). The van der Waals surface area contributed by atoms with Gasteiger partial charge in [0.2, 0.25) is 5.69 Å². The summed E-state index contributed by atoms with van der Waals surface area (Å²) in [6.07, 6.45) is 1.50. The Morgan fingerprint density at radius 3 is 2.22 bits per heavy atom. The van der Waals surface area contributed by atoms with Crippen LogP contribution in [0.1, 0.15) is 5.56 Å². The van der Waals surface area contributed by atoms with Crippen LogP contribution in [-0.4, -0.2) is 18.1 Å². The average Bonchev–Trinajstić information content (AvgIpc) is 2.40. The molecule has 0 aliphatic rings. The zero-order chi connectivity index (χ0) is 13.0. The molecule has 0 aromatic heterocycles. The van der Waals surface area contributed by atoms with Crippen molar-refractivity contribution >= 4 is 23.5 Å². The molecule has 18 heavy (non-hydrogen) atoms. The maximum atomic E-state index is 11.9. The fourth-order valence-corrected chi connectivity index (χ4v) is 1.61. The third kappa shape index (κ3) is 3.02. The predicted octanol–water partition coefficient (Wildman–Crippen LogP) is 3.61. The second-order valence-electron chi connectivity index (χ2n) is 3.70. The summed E-state index contributed by atoms with van der Waals surface area (Å²) in [5.41, 5.74) is 1.34. The van der Waals surface area contributed by atoms with Crippen molar-refractivity contribution in [2.45, 2.75) is 0 Å². The number of benzene rings is 2. The van der Waals surface area contributed by atoms with E-state index >= 15 is 0 Å². The van der Waals surface area contributed by atoms with E-state index in [2.05, 4.69) is 0 Å². The normalized spacial score (nSPS) is 11.3. The molecule has 2 aromatic rings. The number of ether oxygens (including phenoxy) is 1. The van der Waals surface area contributed by atoms with Crippen LogP contribution in [0.3, 0.4) is 0 Å². The first-order valence-electron chi connectivity index (χ1n) is 5.40. The first-order valence-corrected chi connectivity index (χ1v) is 5.78. The van der Waals surface area contributed by atoms with E-state index in [1.165, 1.54) is 6.21 Å². The van der Waals surface area contributed by atoms with E-state index < -0.39 is 0 Å². The maximum Gasteiger partial charge on any atom is 0.216 e. The van der Waals surface area contributed by atoms with Gasteiger partial charge in [-0.2, -0.15) is 4.74 Å². The number of methoxy groups -OCH3 is 1. The third-order valence-electron chi connectivity index (χ3n) is 2.46. The minimum atomic E-state index is 0.537. The summed E-state index contributed by atoms with van der Waals surface area (Å²) in [7, 11) is 1.60. The highest BCUT2D eigenvalue weighted by Crippen LogP contribution is 2.16. The summed E-state index contributed by atoms with van der Waals surface area (Å²) >= 11 is 5.77. The number of hydrogen-bond donors (Lipinski definition) is 0. The van der Waals surface area contributed by atoms with E-state index in [9.17, 15) is 5.21 Å². The second-order valence-corrected chi connectivity index (χ2v) is 4.14. The molecule has 0 unspecified atom stereocenters. The number of halogens is 1. The van der Waals surface area contributed by atoms with Crippen molar-refractivity contribution in [2.24, 2.45) is 0 Å². The lowest BCUT2D eigenvalue weighted by molar-refractivity contribution is -0.354. The lowest BCUT2D eigenvalue weighted by atomic mass is 10.2. The molecule has 2 aromatic carbocycles. The van der Waals surface area contributed by atoms with Gasteiger partial charge in [0, 0.05) is 22.7 Å². The summed E-state index contributed by atoms with van der Waals surface area (Å²) in [5.74, 6) is 0.760. The van der Waals surface area contributed by atoms with Crippen molar-refractivity contribution in [3.63, 3.8) is 0 Å². The SMILES string of the molecule is COc1ccc(/C=[N+](\[O-])c2ccc(Cl)cc2)cc1. The van der Waals surface area contributed by atoms with Crippen molar-refractivity contribution in [2.75, 3.05) is 7.11 Å². The van der Waals surface area contributed by atoms with E-state index in [-0.39, 0.29) is 0 Å². The van der Waals surface area contributed by atoms with E-state index in [1.807, 2.05) is 24.3 Å². The Labute approximate surface area is 110 Å². The van der Waals surface area contributed by atoms with E-state index in [0.29, 0.717) is 10.7 Å². The molecule has 0 amide bonds. The molecule has 0 fully saturated rings. The Morgan fingerprint density at radius 2 is 1.67 bits per heavy atom. The predicted molar refractivity (Wildman–Crippen MR) is 72.9 cm³/mol. The molecule has 3 nitrogen and oxygen atoms in total. The molecular weight excluding hydrogens is 250 g/mol. The zero-order valence-corrected chi connectivity index (χ0v) is 10.6. The minimum Gasteiger partial charge on any atom is -0.618 e. The molecule has 0 N–H and O–H groups in total. The van der Waals surface area contributed by atoms with Gasteiger partial charge >= 0.3 is 0 Å². The molecule has 0 saturated heterocycles. The molecule has 0 atom stereocenters. The molecule has 0 heterocycles. The molecule has 92 valence electrons. The highest BCUT2D eigenvalue weighted by Gasteiger charge is 2.01. The Balaban J connectivity index is 2.23. The van der Waals surface area contributed by atoms with Crippen LogP contribution < -0.4 is 4.74 Å². The van der Waals surface area contributed by atoms with Crippen LogP contribution in [0.25, 0.3) is 0 Å². The molecule has 0 spiro atoms. The molecule has 4 heteroatoms. The molecule has 0 aliphatic heterocycles. The van der Waals surface area contributed by atoms with Crippen LogP contribution in [0.5, 0.6) is 5.75 Å². The quantitative estimate of drug-likeness (QED) is 0.366. The molecular formula is C14H12ClNO2. The topological polar surface area (TPSA) is 35.3 Å². The third-order valence-corrected chi connectivity index (χ3v) is 2.72. The highest BCUT2D eigenvalue weighted by atomic mass is 35.5. The summed E-state index contributed by atoms with van der Waals surface area (Å²) < 4.78 is 5.86. The summed E-state index contributed by atoms with van der Waals surface area (Å²) in [6.45, 7) is 0. The molecule has 0 saturated carbocycles. The monoisotopic (exact) mass is 261 g/mol. The van der Waals surface area contributed by atoms with Gasteiger partial charge in [-0.1, -0.05) is 11.6 Å². The van der Waals surface area contributed by atoms with Gasteiger partial charge in [0.05, 0.1) is 7.11 Å². The standard InChI is InChI=1S/C14H12ClNO2/c1-18-14-8-2-11(3-9-14)10-16(17)13-6-4-12(15)5-7-13/h2-10H,1H3/b16-10-. The first kappa shape index (κ1) is 12.5. The maximum absolute atomic E-state index is 11.9. The largest absolute Gasteiger partial charge is 0.618 e. The second kappa shape index (κ2) is 5.56. The average molecular weight is 262 g/mol. The number of nitrogens with zero attached hydrogens (tertiary/aromatic N) is 1. The van der Waals surface area contributed by atoms with Crippen LogP contribution in [0.15, 0.2) is 48.5 Å². The van der Waals surface area contributed by atoms with E-state index in [0.717, 1.165) is 16.1 Å². The minimum absolute atomic E-state index is 0.537. The van der Waals surface area contributed by atoms with Gasteiger partial charge in [0.15, 0.2) is 6.21 Å². The fraction of sp³-hybridized carbons (Fsp3) is 0.0714. The molecule has 0 aliphatic carbocycles. The number of rotatable bonds is 3. The van der Waals surface area contributed by atoms with E-state index in [4.69, 9.17) is 16.3 Å². The number of hydrogen-bond acceptors (Lipinski definition) is 2. The summed E-state index contributed by atoms with van der Waals surface area (Å²) in [6, 6.07) is 14.0. The molecule has 0 radical (unpaired) electrons. The summed E-state index contributed by atoms with van der Waals surface area (Å²) in [4.78, 5) is 0. The van der Waals surface area contributed by atoms with Crippen molar-refractivity contribution in [1.29, 1.82) is 0 Å². The van der Waals surface area contributed by atoms with Gasteiger partial charge in [-0.05, 0) is 36.4 Å². The van der Waals surface area contributed by atoms with Gasteiger partial charge in [-0.3, -0.25) is 0 Å². The first-order chi connectivity index (χ1) is 8.69. The van der Waals surface area contributed by atoms with Crippen molar-refractivity contribution in [3.05, 3.63) is 64.3 Å². The van der Waals surface area contributed by atoms with Crippen LogP contribution >= 0.6 is 11.6 Å². The van der Waals surface area contributed by atoms with E-state index in [1.54, 1.807) is 31.4 Å². The van der Waals surface area contributed by atoms with Crippen molar-refractivity contribution in [3.8, 4) is 5.75 Å². The highest BCUT2D eigenvalue weighted by molar-refractivity contribution is 6.30. The van der Waals surface area contributed by atoms with Crippen LogP contribution in [-0.2, 0) is 0 Å². The van der Waals surface area contributed by atoms with Gasteiger partial charge in [-0.15, -0.1) is 0 Å². The van der Waals surface area contributed by atoms with Gasteiger partial charge in [0.25, 0.3) is 0 Å². The lowest BCUT2D eigenvalue weighted by Crippen LogP contribution is -1.98. The Morgan fingerprint density at radius 1 is 1.06 bits per heavy atom.